The predicted octanol–water partition coefficient (Wildman–Crippen LogP) is 1.50. The van der Waals surface area contributed by atoms with Gasteiger partial charge >= 0.3 is 6.09 Å². The molecule has 6 nitrogen and oxygen atoms in total. The van der Waals surface area contributed by atoms with Crippen molar-refractivity contribution < 1.29 is 14.7 Å². The van der Waals surface area contributed by atoms with E-state index in [-0.39, 0.29) is 18.0 Å². The molecule has 1 aliphatic heterocycles. The maximum Gasteiger partial charge on any atom is 0.407 e. The van der Waals surface area contributed by atoms with Crippen LogP contribution in [0, 0.1) is 0 Å². The van der Waals surface area contributed by atoms with Gasteiger partial charge in [-0.15, -0.1) is 0 Å². The van der Waals surface area contributed by atoms with Crippen LogP contribution in [0.3, 0.4) is 0 Å². The van der Waals surface area contributed by atoms with Crippen molar-refractivity contribution >= 4 is 12.0 Å². The molecule has 0 aliphatic carbocycles. The van der Waals surface area contributed by atoms with Gasteiger partial charge in [-0.1, -0.05) is 30.3 Å². The van der Waals surface area contributed by atoms with E-state index in [1.54, 1.807) is 19.0 Å². The molecule has 1 fully saturated rings. The molecular formula is C16H23N3O3. The molecule has 1 heterocycles. The molecular weight excluding hydrogens is 282 g/mol. The van der Waals surface area contributed by atoms with Gasteiger partial charge in [0.1, 0.15) is 6.04 Å². The first-order valence-corrected chi connectivity index (χ1v) is 7.41. The van der Waals surface area contributed by atoms with E-state index < -0.39 is 6.09 Å². The molecule has 0 bridgehead atoms. The summed E-state index contributed by atoms with van der Waals surface area (Å²) in [5.74, 6) is 0.0159. The minimum absolute atomic E-state index is 0.0159. The van der Waals surface area contributed by atoms with Gasteiger partial charge in [0.15, 0.2) is 0 Å². The van der Waals surface area contributed by atoms with E-state index in [2.05, 4.69) is 4.90 Å². The van der Waals surface area contributed by atoms with Gasteiger partial charge in [-0.25, -0.2) is 4.79 Å². The molecule has 1 N–H and O–H groups in total. The molecule has 6 heteroatoms. The molecule has 1 aromatic carbocycles. The van der Waals surface area contributed by atoms with Crippen molar-refractivity contribution in [2.45, 2.75) is 19.0 Å². The number of hydrogen-bond acceptors (Lipinski definition) is 3. The molecule has 2 amide bonds. The molecule has 0 radical (unpaired) electrons. The number of nitrogens with zero attached hydrogens (tertiary/aromatic N) is 3. The second-order valence-electron chi connectivity index (χ2n) is 5.87. The SMILES string of the molecule is C[C@@H]1CN([C@H](C(=O)N(C)C)c2ccccc2)CCN1C(=O)O. The van der Waals surface area contributed by atoms with Gasteiger partial charge in [0.2, 0.25) is 5.91 Å². The summed E-state index contributed by atoms with van der Waals surface area (Å²) in [6.07, 6.45) is -0.901. The van der Waals surface area contributed by atoms with Crippen molar-refractivity contribution in [3.63, 3.8) is 0 Å². The summed E-state index contributed by atoms with van der Waals surface area (Å²) in [4.78, 5) is 28.9. The Morgan fingerprint density at radius 2 is 1.86 bits per heavy atom. The number of likely N-dealkylation sites (N-methyl/N-ethyl adjacent to an activating group) is 1. The van der Waals surface area contributed by atoms with Gasteiger partial charge in [-0.05, 0) is 12.5 Å². The molecule has 0 unspecified atom stereocenters. The summed E-state index contributed by atoms with van der Waals surface area (Å²) in [5.41, 5.74) is 0.942. The number of piperazine rings is 1. The Bertz CT molecular complexity index is 533. The second kappa shape index (κ2) is 6.79. The maximum atomic E-state index is 12.6. The predicted molar refractivity (Wildman–Crippen MR) is 83.6 cm³/mol. The van der Waals surface area contributed by atoms with Crippen molar-refractivity contribution in [2.75, 3.05) is 33.7 Å². The largest absolute Gasteiger partial charge is 0.465 e. The lowest BCUT2D eigenvalue weighted by atomic mass is 10.0. The van der Waals surface area contributed by atoms with Gasteiger partial charge in [0.25, 0.3) is 0 Å². The summed E-state index contributed by atoms with van der Waals surface area (Å²) < 4.78 is 0. The van der Waals surface area contributed by atoms with Crippen LogP contribution in [-0.2, 0) is 4.79 Å². The average Bonchev–Trinajstić information content (AvgIpc) is 2.48. The first kappa shape index (κ1) is 16.3. The quantitative estimate of drug-likeness (QED) is 0.919. The molecule has 2 atom stereocenters. The number of carbonyl (C=O) groups is 2. The maximum absolute atomic E-state index is 12.6. The molecule has 2 rings (SSSR count). The van der Waals surface area contributed by atoms with E-state index in [1.165, 1.54) is 4.90 Å². The standard InChI is InChI=1S/C16H23N3O3/c1-12-11-18(9-10-19(12)16(21)22)14(15(20)17(2)3)13-7-5-4-6-8-13/h4-8,12,14H,9-11H2,1-3H3,(H,21,22)/t12-,14+/m1/s1. The number of amides is 2. The summed E-state index contributed by atoms with van der Waals surface area (Å²) in [6, 6.07) is 9.15. The van der Waals surface area contributed by atoms with Crippen molar-refractivity contribution in [3.05, 3.63) is 35.9 Å². The van der Waals surface area contributed by atoms with Crippen LogP contribution in [0.25, 0.3) is 0 Å². The van der Waals surface area contributed by atoms with E-state index in [9.17, 15) is 14.7 Å². The Morgan fingerprint density at radius 1 is 1.23 bits per heavy atom. The van der Waals surface area contributed by atoms with E-state index >= 15 is 0 Å². The van der Waals surface area contributed by atoms with E-state index in [1.807, 2.05) is 37.3 Å². The normalized spacial score (nSPS) is 20.5. The molecule has 1 aromatic rings. The topological polar surface area (TPSA) is 64.1 Å². The van der Waals surface area contributed by atoms with Crippen LogP contribution >= 0.6 is 0 Å². The Morgan fingerprint density at radius 3 is 2.36 bits per heavy atom. The second-order valence-corrected chi connectivity index (χ2v) is 5.87. The third-order valence-electron chi connectivity index (χ3n) is 4.06. The molecule has 120 valence electrons. The molecule has 0 saturated carbocycles. The van der Waals surface area contributed by atoms with Crippen LogP contribution in [0.1, 0.15) is 18.5 Å². The molecule has 22 heavy (non-hydrogen) atoms. The first-order chi connectivity index (χ1) is 10.4. The monoisotopic (exact) mass is 305 g/mol. The number of benzene rings is 1. The molecule has 0 spiro atoms. The highest BCUT2D eigenvalue weighted by atomic mass is 16.4. The van der Waals surface area contributed by atoms with Crippen molar-refractivity contribution in [1.82, 2.24) is 14.7 Å². The number of carboxylic acid groups (broad SMARTS) is 1. The molecule has 1 saturated heterocycles. The van der Waals surface area contributed by atoms with Crippen LogP contribution in [0.2, 0.25) is 0 Å². The fraction of sp³-hybridized carbons (Fsp3) is 0.500. The number of hydrogen-bond donors (Lipinski definition) is 1. The fourth-order valence-corrected chi connectivity index (χ4v) is 2.89. The Labute approximate surface area is 130 Å². The lowest BCUT2D eigenvalue weighted by Gasteiger charge is -2.42. The van der Waals surface area contributed by atoms with Gasteiger partial charge in [-0.3, -0.25) is 9.69 Å². The third kappa shape index (κ3) is 3.39. The van der Waals surface area contributed by atoms with Crippen LogP contribution in [0.4, 0.5) is 4.79 Å². The van der Waals surface area contributed by atoms with E-state index in [4.69, 9.17) is 0 Å². The average molecular weight is 305 g/mol. The van der Waals surface area contributed by atoms with E-state index in [0.29, 0.717) is 19.6 Å². The van der Waals surface area contributed by atoms with Crippen LogP contribution in [0.5, 0.6) is 0 Å². The molecule has 1 aliphatic rings. The van der Waals surface area contributed by atoms with Gasteiger partial charge < -0.3 is 14.9 Å². The zero-order valence-corrected chi connectivity index (χ0v) is 13.3. The summed E-state index contributed by atoms with van der Waals surface area (Å²) in [5, 5.41) is 9.18. The van der Waals surface area contributed by atoms with Crippen molar-refractivity contribution in [2.24, 2.45) is 0 Å². The van der Waals surface area contributed by atoms with Crippen LogP contribution in [-0.4, -0.2) is 71.6 Å². The highest BCUT2D eigenvalue weighted by Gasteiger charge is 2.35. The Hall–Kier alpha value is -2.08. The smallest absolute Gasteiger partial charge is 0.407 e. The number of carbonyl (C=O) groups excluding carboxylic acids is 1. The lowest BCUT2D eigenvalue weighted by molar-refractivity contribution is -0.135. The van der Waals surface area contributed by atoms with Crippen LogP contribution in [0.15, 0.2) is 30.3 Å². The summed E-state index contributed by atoms with van der Waals surface area (Å²) in [7, 11) is 3.49. The van der Waals surface area contributed by atoms with Crippen LogP contribution < -0.4 is 0 Å². The van der Waals surface area contributed by atoms with Crippen molar-refractivity contribution in [1.29, 1.82) is 0 Å². The highest BCUT2D eigenvalue weighted by Crippen LogP contribution is 2.25. The zero-order valence-electron chi connectivity index (χ0n) is 13.3. The minimum Gasteiger partial charge on any atom is -0.465 e. The van der Waals surface area contributed by atoms with Gasteiger partial charge in [0.05, 0.1) is 0 Å². The Balaban J connectivity index is 2.24. The summed E-state index contributed by atoms with van der Waals surface area (Å²) >= 11 is 0. The van der Waals surface area contributed by atoms with Crippen molar-refractivity contribution in [3.8, 4) is 0 Å². The minimum atomic E-state index is -0.901. The Kier molecular flexibility index (Phi) is 5.03. The van der Waals surface area contributed by atoms with Gasteiger partial charge in [-0.2, -0.15) is 0 Å². The lowest BCUT2D eigenvalue weighted by Crippen LogP contribution is -2.56. The fourth-order valence-electron chi connectivity index (χ4n) is 2.89. The summed E-state index contributed by atoms with van der Waals surface area (Å²) in [6.45, 7) is 3.39. The van der Waals surface area contributed by atoms with E-state index in [0.717, 1.165) is 5.56 Å². The van der Waals surface area contributed by atoms with Gasteiger partial charge in [0, 0.05) is 39.8 Å². The highest BCUT2D eigenvalue weighted by molar-refractivity contribution is 5.83. The third-order valence-corrected chi connectivity index (χ3v) is 4.06. The number of rotatable bonds is 3. The first-order valence-electron chi connectivity index (χ1n) is 7.41. The zero-order chi connectivity index (χ0) is 16.3. The molecule has 0 aromatic heterocycles.